The van der Waals surface area contributed by atoms with Gasteiger partial charge < -0.3 is 19.6 Å². The number of aliphatic hydroxyl groups is 1. The molecule has 1 aromatic heterocycles. The van der Waals surface area contributed by atoms with Crippen LogP contribution in [-0.4, -0.2) is 35.9 Å². The Morgan fingerprint density at radius 2 is 2.14 bits per heavy atom. The molecule has 2 heterocycles. The molecule has 0 amide bonds. The highest BCUT2D eigenvalue weighted by Crippen LogP contribution is 2.40. The van der Waals surface area contributed by atoms with Crippen LogP contribution in [0.15, 0.2) is 12.1 Å². The number of aromatic amines is 1. The number of hydrogen-bond donors (Lipinski definition) is 2. The van der Waals surface area contributed by atoms with E-state index in [-0.39, 0.29) is 24.6 Å². The lowest BCUT2D eigenvalue weighted by Gasteiger charge is -2.28. The van der Waals surface area contributed by atoms with Crippen molar-refractivity contribution in [3.8, 4) is 0 Å². The highest BCUT2D eigenvalue weighted by atomic mass is 16.5. The molecule has 154 valence electrons. The number of ether oxygens (including phenoxy) is 2. The number of carbonyl (C=O) groups excluding carboxylic acids is 1. The minimum Gasteiger partial charge on any atom is -0.466 e. The van der Waals surface area contributed by atoms with Crippen molar-refractivity contribution < 1.29 is 19.4 Å². The van der Waals surface area contributed by atoms with Gasteiger partial charge in [0.05, 0.1) is 13.2 Å². The van der Waals surface area contributed by atoms with E-state index in [1.807, 2.05) is 6.92 Å². The van der Waals surface area contributed by atoms with Crippen LogP contribution in [0.2, 0.25) is 0 Å². The average Bonchev–Trinajstić information content (AvgIpc) is 3.04. The van der Waals surface area contributed by atoms with Gasteiger partial charge in [-0.05, 0) is 60.8 Å². The van der Waals surface area contributed by atoms with Gasteiger partial charge in [0.15, 0.2) is 0 Å². The summed E-state index contributed by atoms with van der Waals surface area (Å²) >= 11 is 0. The van der Waals surface area contributed by atoms with Gasteiger partial charge in [0.25, 0.3) is 0 Å². The van der Waals surface area contributed by atoms with E-state index in [1.165, 1.54) is 27.6 Å². The molecule has 2 N–H and O–H groups in total. The molecule has 0 aliphatic carbocycles. The number of rotatable bonds is 8. The maximum Gasteiger partial charge on any atom is 0.306 e. The zero-order valence-corrected chi connectivity index (χ0v) is 17.5. The molecule has 2 atom stereocenters. The van der Waals surface area contributed by atoms with Crippen molar-refractivity contribution in [1.82, 2.24) is 4.98 Å². The van der Waals surface area contributed by atoms with Gasteiger partial charge in [-0.1, -0.05) is 26.8 Å². The number of aromatic nitrogens is 1. The Kier molecular flexibility index (Phi) is 6.78. The summed E-state index contributed by atoms with van der Waals surface area (Å²) in [6.07, 6.45) is 2.70. The smallest absolute Gasteiger partial charge is 0.306 e. The van der Waals surface area contributed by atoms with Gasteiger partial charge in [-0.3, -0.25) is 4.79 Å². The van der Waals surface area contributed by atoms with Crippen molar-refractivity contribution in [2.75, 3.05) is 19.8 Å². The molecule has 0 radical (unpaired) electrons. The van der Waals surface area contributed by atoms with Crippen LogP contribution < -0.4 is 0 Å². The third-order valence-corrected chi connectivity index (χ3v) is 5.72. The fourth-order valence-electron chi connectivity index (χ4n) is 4.23. The van der Waals surface area contributed by atoms with Gasteiger partial charge in [-0.25, -0.2) is 0 Å². The molecule has 0 spiro atoms. The van der Waals surface area contributed by atoms with Crippen molar-refractivity contribution in [3.05, 3.63) is 34.5 Å². The molecular formula is C23H33NO4. The third-order valence-electron chi connectivity index (χ3n) is 5.72. The average molecular weight is 388 g/mol. The van der Waals surface area contributed by atoms with Crippen molar-refractivity contribution in [1.29, 1.82) is 0 Å². The van der Waals surface area contributed by atoms with Crippen LogP contribution in [0, 0.1) is 5.92 Å². The first-order valence-corrected chi connectivity index (χ1v) is 10.5. The fourth-order valence-corrected chi connectivity index (χ4v) is 4.23. The molecular weight excluding hydrogens is 354 g/mol. The molecule has 1 aliphatic rings. The number of benzene rings is 1. The number of esters is 1. The first kappa shape index (κ1) is 20.9. The van der Waals surface area contributed by atoms with E-state index >= 15 is 0 Å². The predicted molar refractivity (Wildman–Crippen MR) is 111 cm³/mol. The van der Waals surface area contributed by atoms with Gasteiger partial charge in [-0.15, -0.1) is 0 Å². The number of aryl methyl sites for hydroxylation is 1. The van der Waals surface area contributed by atoms with Crippen molar-refractivity contribution in [2.45, 2.75) is 65.4 Å². The minimum atomic E-state index is -0.143. The second kappa shape index (κ2) is 9.10. The van der Waals surface area contributed by atoms with Crippen LogP contribution in [0.5, 0.6) is 0 Å². The van der Waals surface area contributed by atoms with Crippen LogP contribution in [0.4, 0.5) is 0 Å². The molecule has 3 rings (SSSR count). The van der Waals surface area contributed by atoms with E-state index in [0.717, 1.165) is 18.5 Å². The van der Waals surface area contributed by atoms with Crippen molar-refractivity contribution in [2.24, 2.45) is 5.92 Å². The molecule has 0 fully saturated rings. The molecule has 0 saturated carbocycles. The number of carbonyl (C=O) groups is 1. The summed E-state index contributed by atoms with van der Waals surface area (Å²) in [5.41, 5.74) is 6.13. The molecule has 2 aromatic rings. The summed E-state index contributed by atoms with van der Waals surface area (Å²) < 4.78 is 11.2. The number of fused-ring (bicyclic) bond motifs is 3. The van der Waals surface area contributed by atoms with Crippen LogP contribution in [0.25, 0.3) is 10.9 Å². The molecule has 5 nitrogen and oxygen atoms in total. The van der Waals surface area contributed by atoms with Crippen LogP contribution >= 0.6 is 0 Å². The SMILES string of the molecule is CCOC(=O)CCc1cc(C(C)C)c2[nH]c3c(c2c1)CCOC3C(C)CCO. The van der Waals surface area contributed by atoms with Crippen molar-refractivity contribution >= 4 is 16.9 Å². The third kappa shape index (κ3) is 4.26. The lowest BCUT2D eigenvalue weighted by Crippen LogP contribution is -2.22. The second-order valence-electron chi connectivity index (χ2n) is 8.12. The lowest BCUT2D eigenvalue weighted by molar-refractivity contribution is -0.143. The number of hydrogen-bond acceptors (Lipinski definition) is 4. The molecule has 5 heteroatoms. The second-order valence-corrected chi connectivity index (χ2v) is 8.12. The highest BCUT2D eigenvalue weighted by Gasteiger charge is 2.30. The largest absolute Gasteiger partial charge is 0.466 e. The zero-order chi connectivity index (χ0) is 20.3. The Balaban J connectivity index is 2.01. The Morgan fingerprint density at radius 1 is 1.36 bits per heavy atom. The zero-order valence-electron chi connectivity index (χ0n) is 17.5. The van der Waals surface area contributed by atoms with Crippen LogP contribution in [0.1, 0.15) is 74.9 Å². The summed E-state index contributed by atoms with van der Waals surface area (Å²) in [4.78, 5) is 15.5. The molecule has 0 saturated heterocycles. The quantitative estimate of drug-likeness (QED) is 0.658. The number of H-pyrrole nitrogens is 1. The predicted octanol–water partition coefficient (Wildman–Crippen LogP) is 4.42. The highest BCUT2D eigenvalue weighted by molar-refractivity contribution is 5.89. The lowest BCUT2D eigenvalue weighted by atomic mass is 9.91. The summed E-state index contributed by atoms with van der Waals surface area (Å²) in [6, 6.07) is 4.45. The molecule has 2 unspecified atom stereocenters. The van der Waals surface area contributed by atoms with Crippen LogP contribution in [-0.2, 0) is 27.1 Å². The van der Waals surface area contributed by atoms with E-state index in [2.05, 4.69) is 37.9 Å². The summed E-state index contributed by atoms with van der Waals surface area (Å²) in [6.45, 7) is 9.67. The standard InChI is InChI=1S/C23H33NO4/c1-5-27-20(26)7-6-16-12-18(14(2)3)21-19(13-16)17-9-11-28-23(22(17)24-21)15(4)8-10-25/h12-15,23-25H,5-11H2,1-4H3. The maximum absolute atomic E-state index is 11.8. The fraction of sp³-hybridized carbons (Fsp3) is 0.609. The van der Waals surface area contributed by atoms with Crippen molar-refractivity contribution in [3.63, 3.8) is 0 Å². The van der Waals surface area contributed by atoms with E-state index < -0.39 is 0 Å². The van der Waals surface area contributed by atoms with Gasteiger partial charge in [0.1, 0.15) is 6.10 Å². The van der Waals surface area contributed by atoms with E-state index in [1.54, 1.807) is 0 Å². The molecule has 1 aromatic carbocycles. The van der Waals surface area contributed by atoms with E-state index in [0.29, 0.717) is 32.0 Å². The normalized spacial score (nSPS) is 17.7. The van der Waals surface area contributed by atoms with Gasteiger partial charge in [0.2, 0.25) is 0 Å². The van der Waals surface area contributed by atoms with E-state index in [4.69, 9.17) is 9.47 Å². The molecule has 0 bridgehead atoms. The van der Waals surface area contributed by atoms with Gasteiger partial charge >= 0.3 is 5.97 Å². The molecule has 28 heavy (non-hydrogen) atoms. The first-order chi connectivity index (χ1) is 13.5. The van der Waals surface area contributed by atoms with Gasteiger partial charge in [0, 0.05) is 29.6 Å². The van der Waals surface area contributed by atoms with E-state index in [9.17, 15) is 9.90 Å². The summed E-state index contributed by atoms with van der Waals surface area (Å²) in [7, 11) is 0. The molecule has 1 aliphatic heterocycles. The first-order valence-electron chi connectivity index (χ1n) is 10.5. The Hall–Kier alpha value is -1.85. The Bertz CT molecular complexity index is 824. The van der Waals surface area contributed by atoms with Crippen LogP contribution in [0.3, 0.4) is 0 Å². The number of nitrogens with one attached hydrogen (secondary N) is 1. The maximum atomic E-state index is 11.8. The number of aliphatic hydroxyl groups excluding tert-OH is 1. The Morgan fingerprint density at radius 3 is 2.82 bits per heavy atom. The summed E-state index contributed by atoms with van der Waals surface area (Å²) in [5.74, 6) is 0.485. The minimum absolute atomic E-state index is 0.00806. The summed E-state index contributed by atoms with van der Waals surface area (Å²) in [5, 5.41) is 10.6. The monoisotopic (exact) mass is 387 g/mol. The van der Waals surface area contributed by atoms with Gasteiger partial charge in [-0.2, -0.15) is 0 Å². The topological polar surface area (TPSA) is 71.6 Å². The Labute approximate surface area is 167 Å².